The lowest BCUT2D eigenvalue weighted by atomic mass is 9.99. The number of allylic oxidation sites excluding steroid dienone is 2. The molecule has 1 aliphatic rings. The van der Waals surface area contributed by atoms with Gasteiger partial charge in [-0.3, -0.25) is 4.79 Å². The summed E-state index contributed by atoms with van der Waals surface area (Å²) in [6.45, 7) is 4.60. The van der Waals surface area contributed by atoms with Crippen LogP contribution in [0, 0.1) is 0 Å². The Morgan fingerprint density at radius 3 is 1.35 bits per heavy atom. The molecule has 1 saturated heterocycles. The summed E-state index contributed by atoms with van der Waals surface area (Å²) in [5, 5.41) is 40.2. The van der Waals surface area contributed by atoms with Crippen molar-refractivity contribution < 1.29 is 44.2 Å². The van der Waals surface area contributed by atoms with Gasteiger partial charge in [-0.15, -0.1) is 0 Å². The number of ether oxygens (including phenoxy) is 4. The van der Waals surface area contributed by atoms with Crippen LogP contribution in [-0.2, 0) is 23.7 Å². The maximum Gasteiger partial charge on any atom is 0.306 e. The van der Waals surface area contributed by atoms with Gasteiger partial charge >= 0.3 is 5.97 Å². The minimum absolute atomic E-state index is 0.110. The summed E-state index contributed by atoms with van der Waals surface area (Å²) in [6, 6.07) is 0. The first-order valence-electron chi connectivity index (χ1n) is 25.8. The lowest BCUT2D eigenvalue weighted by molar-refractivity contribution is -0.305. The van der Waals surface area contributed by atoms with Crippen LogP contribution in [0.4, 0.5) is 0 Å². The van der Waals surface area contributed by atoms with Gasteiger partial charge in [0.15, 0.2) is 6.29 Å². The van der Waals surface area contributed by atoms with E-state index in [1.165, 1.54) is 193 Å². The largest absolute Gasteiger partial charge is 0.457 e. The van der Waals surface area contributed by atoms with E-state index in [2.05, 4.69) is 26.0 Å². The summed E-state index contributed by atoms with van der Waals surface area (Å²) in [6.07, 6.45) is 42.4. The molecule has 0 bridgehead atoms. The average molecular weight is 855 g/mol. The molecule has 6 atom stereocenters. The Kier molecular flexibility index (Phi) is 41.0. The molecule has 0 aromatic heterocycles. The molecule has 356 valence electrons. The molecule has 0 spiro atoms. The van der Waals surface area contributed by atoms with Crippen molar-refractivity contribution in [1.82, 2.24) is 0 Å². The van der Waals surface area contributed by atoms with Crippen molar-refractivity contribution in [2.45, 2.75) is 282 Å². The zero-order chi connectivity index (χ0) is 43.6. The van der Waals surface area contributed by atoms with E-state index in [1.807, 2.05) is 0 Å². The smallest absolute Gasteiger partial charge is 0.306 e. The number of rotatable bonds is 45. The highest BCUT2D eigenvalue weighted by Crippen LogP contribution is 2.23. The molecule has 1 heterocycles. The van der Waals surface area contributed by atoms with Gasteiger partial charge in [0.05, 0.1) is 19.8 Å². The van der Waals surface area contributed by atoms with Gasteiger partial charge in [-0.1, -0.05) is 212 Å². The zero-order valence-electron chi connectivity index (χ0n) is 39.2. The Labute approximate surface area is 369 Å². The first-order valence-corrected chi connectivity index (χ1v) is 25.8. The third kappa shape index (κ3) is 33.5. The Balaban J connectivity index is 2.19. The molecule has 0 aromatic carbocycles. The molecule has 9 nitrogen and oxygen atoms in total. The summed E-state index contributed by atoms with van der Waals surface area (Å²) < 4.78 is 22.9. The number of aliphatic hydroxyl groups excluding tert-OH is 4. The van der Waals surface area contributed by atoms with E-state index < -0.39 is 43.4 Å². The minimum Gasteiger partial charge on any atom is -0.457 e. The number of hydrogen-bond donors (Lipinski definition) is 4. The summed E-state index contributed by atoms with van der Waals surface area (Å²) in [5.41, 5.74) is 0. The Hall–Kier alpha value is -1.07. The standard InChI is InChI=1S/C51H98O9/c1-3-5-7-9-11-13-15-17-19-21-22-23-24-26-28-30-32-34-36-38-40-47(53)59-45(44-58-51-50(56)49(55)48(54)46(42-52)60-51)43-57-41-39-37-35-33-31-29-27-25-20-18-16-14-12-10-8-6-4-2/h20,25,45-46,48-52,54-56H,3-19,21-24,26-44H2,1-2H3/b25-20-. The van der Waals surface area contributed by atoms with Crippen molar-refractivity contribution in [1.29, 1.82) is 0 Å². The van der Waals surface area contributed by atoms with Crippen molar-refractivity contribution >= 4 is 5.97 Å². The van der Waals surface area contributed by atoms with Gasteiger partial charge in [-0.2, -0.15) is 0 Å². The van der Waals surface area contributed by atoms with E-state index in [4.69, 9.17) is 18.9 Å². The number of carbonyl (C=O) groups is 1. The first-order chi connectivity index (χ1) is 29.4. The molecule has 0 amide bonds. The van der Waals surface area contributed by atoms with Crippen molar-refractivity contribution in [2.24, 2.45) is 0 Å². The highest BCUT2D eigenvalue weighted by molar-refractivity contribution is 5.69. The van der Waals surface area contributed by atoms with Crippen LogP contribution >= 0.6 is 0 Å². The second-order valence-corrected chi connectivity index (χ2v) is 18.0. The quantitative estimate of drug-likeness (QED) is 0.0268. The molecule has 1 aliphatic heterocycles. The molecule has 1 rings (SSSR count). The van der Waals surface area contributed by atoms with Gasteiger partial charge in [-0.05, 0) is 38.5 Å². The average Bonchev–Trinajstić information content (AvgIpc) is 3.25. The molecule has 0 aromatic rings. The highest BCUT2D eigenvalue weighted by atomic mass is 16.7. The number of esters is 1. The van der Waals surface area contributed by atoms with Crippen LogP contribution in [0.5, 0.6) is 0 Å². The maximum absolute atomic E-state index is 12.8. The third-order valence-corrected chi connectivity index (χ3v) is 12.2. The molecule has 9 heteroatoms. The van der Waals surface area contributed by atoms with Gasteiger partial charge in [-0.25, -0.2) is 0 Å². The Morgan fingerprint density at radius 2 is 0.917 bits per heavy atom. The van der Waals surface area contributed by atoms with Gasteiger partial charge in [0.25, 0.3) is 0 Å². The summed E-state index contributed by atoms with van der Waals surface area (Å²) in [5.74, 6) is -0.309. The summed E-state index contributed by atoms with van der Waals surface area (Å²) in [4.78, 5) is 12.8. The van der Waals surface area contributed by atoms with Gasteiger partial charge in [0.1, 0.15) is 30.5 Å². The van der Waals surface area contributed by atoms with Crippen molar-refractivity contribution in [3.8, 4) is 0 Å². The Bertz CT molecular complexity index is 930. The monoisotopic (exact) mass is 855 g/mol. The highest BCUT2D eigenvalue weighted by Gasteiger charge is 2.44. The van der Waals surface area contributed by atoms with Crippen LogP contribution in [0.1, 0.15) is 245 Å². The van der Waals surface area contributed by atoms with E-state index >= 15 is 0 Å². The second-order valence-electron chi connectivity index (χ2n) is 18.0. The number of hydrogen-bond acceptors (Lipinski definition) is 9. The van der Waals surface area contributed by atoms with Crippen molar-refractivity contribution in [3.63, 3.8) is 0 Å². The molecule has 0 aliphatic carbocycles. The number of carbonyl (C=O) groups excluding carboxylic acids is 1. The van der Waals surface area contributed by atoms with E-state index in [1.54, 1.807) is 0 Å². The van der Waals surface area contributed by atoms with Gasteiger partial charge < -0.3 is 39.4 Å². The zero-order valence-corrected chi connectivity index (χ0v) is 39.2. The van der Waals surface area contributed by atoms with Gasteiger partial charge in [0.2, 0.25) is 0 Å². The lowest BCUT2D eigenvalue weighted by Crippen LogP contribution is -2.59. The van der Waals surface area contributed by atoms with Crippen LogP contribution < -0.4 is 0 Å². The van der Waals surface area contributed by atoms with E-state index in [0.717, 1.165) is 32.1 Å². The summed E-state index contributed by atoms with van der Waals surface area (Å²) >= 11 is 0. The van der Waals surface area contributed by atoms with Crippen LogP contribution in [0.2, 0.25) is 0 Å². The van der Waals surface area contributed by atoms with Crippen LogP contribution in [0.3, 0.4) is 0 Å². The first kappa shape index (κ1) is 56.9. The molecular weight excluding hydrogens is 757 g/mol. The topological polar surface area (TPSA) is 135 Å². The fourth-order valence-electron chi connectivity index (χ4n) is 8.14. The molecule has 60 heavy (non-hydrogen) atoms. The van der Waals surface area contributed by atoms with E-state index in [0.29, 0.717) is 13.0 Å². The normalized spacial score (nSPS) is 20.0. The van der Waals surface area contributed by atoms with Crippen LogP contribution in [0.25, 0.3) is 0 Å². The predicted molar refractivity (Wildman–Crippen MR) is 247 cm³/mol. The minimum atomic E-state index is -1.53. The molecular formula is C51H98O9. The third-order valence-electron chi connectivity index (χ3n) is 12.2. The fourth-order valence-corrected chi connectivity index (χ4v) is 8.14. The maximum atomic E-state index is 12.8. The van der Waals surface area contributed by atoms with E-state index in [-0.39, 0.29) is 19.2 Å². The van der Waals surface area contributed by atoms with Gasteiger partial charge in [0, 0.05) is 13.0 Å². The Morgan fingerprint density at radius 1 is 0.517 bits per heavy atom. The van der Waals surface area contributed by atoms with E-state index in [9.17, 15) is 25.2 Å². The summed E-state index contributed by atoms with van der Waals surface area (Å²) in [7, 11) is 0. The molecule has 0 radical (unpaired) electrons. The molecule has 4 N–H and O–H groups in total. The second kappa shape index (κ2) is 43.2. The molecule has 6 unspecified atom stereocenters. The van der Waals surface area contributed by atoms with Crippen LogP contribution in [-0.4, -0.2) is 89.6 Å². The molecule has 0 saturated carbocycles. The fraction of sp³-hybridized carbons (Fsp3) is 0.941. The number of aliphatic hydroxyl groups is 4. The number of unbranched alkanes of at least 4 members (excludes halogenated alkanes) is 32. The SMILES string of the molecule is CCCCCCCCC/C=C\CCCCCCCCOCC(COC1OC(CO)C(O)C(O)C1O)OC(=O)CCCCCCCCCCCCCCCCCCCCCC. The lowest BCUT2D eigenvalue weighted by Gasteiger charge is -2.39. The van der Waals surface area contributed by atoms with Crippen molar-refractivity contribution in [2.75, 3.05) is 26.4 Å². The van der Waals surface area contributed by atoms with Crippen molar-refractivity contribution in [3.05, 3.63) is 12.2 Å². The van der Waals surface area contributed by atoms with Crippen LogP contribution in [0.15, 0.2) is 12.2 Å². The predicted octanol–water partition coefficient (Wildman–Crippen LogP) is 12.4. The molecule has 1 fully saturated rings.